The Morgan fingerprint density at radius 2 is 1.89 bits per heavy atom. The summed E-state index contributed by atoms with van der Waals surface area (Å²) in [5.74, 6) is 0.682. The van der Waals surface area contributed by atoms with Crippen molar-refractivity contribution in [3.05, 3.63) is 65.7 Å². The van der Waals surface area contributed by atoms with Crippen LogP contribution in [-0.2, 0) is 16.6 Å². The van der Waals surface area contributed by atoms with Crippen LogP contribution in [0, 0.1) is 0 Å². The van der Waals surface area contributed by atoms with Crippen LogP contribution in [0.1, 0.15) is 22.3 Å². The lowest BCUT2D eigenvalue weighted by molar-refractivity contribution is 0.0848. The standard InChI is InChI=1S/C20H23N3O3S2/c1-22(2)28(25,26)18-11-6-10-17(14-18)19(24)23-12-7-13-27-20(23)21-15-16-8-4-3-5-9-16/h3-6,8-11,14H,7,12-13,15H2,1-2H3. The lowest BCUT2D eigenvalue weighted by atomic mass is 10.2. The summed E-state index contributed by atoms with van der Waals surface area (Å²) in [5.41, 5.74) is 1.42. The van der Waals surface area contributed by atoms with Crippen molar-refractivity contribution in [1.82, 2.24) is 9.21 Å². The molecule has 0 bridgehead atoms. The Bertz CT molecular complexity index is 973. The van der Waals surface area contributed by atoms with Crippen molar-refractivity contribution in [3.8, 4) is 0 Å². The normalized spacial score (nSPS) is 16.5. The van der Waals surface area contributed by atoms with E-state index in [1.54, 1.807) is 28.8 Å². The molecule has 0 aromatic heterocycles. The number of rotatable bonds is 5. The van der Waals surface area contributed by atoms with Crippen LogP contribution in [0.5, 0.6) is 0 Å². The first kappa shape index (κ1) is 20.6. The van der Waals surface area contributed by atoms with Gasteiger partial charge in [-0.1, -0.05) is 48.2 Å². The summed E-state index contributed by atoms with van der Waals surface area (Å²) in [7, 11) is -0.653. The van der Waals surface area contributed by atoms with Gasteiger partial charge in [0.05, 0.1) is 11.4 Å². The number of nitrogens with zero attached hydrogens (tertiary/aromatic N) is 3. The zero-order chi connectivity index (χ0) is 20.1. The maximum Gasteiger partial charge on any atom is 0.259 e. The number of carbonyl (C=O) groups excluding carboxylic acids is 1. The van der Waals surface area contributed by atoms with Gasteiger partial charge in [0.25, 0.3) is 5.91 Å². The Morgan fingerprint density at radius 3 is 2.61 bits per heavy atom. The molecule has 1 fully saturated rings. The van der Waals surface area contributed by atoms with Crippen LogP contribution in [0.3, 0.4) is 0 Å². The van der Waals surface area contributed by atoms with Crippen LogP contribution in [0.25, 0.3) is 0 Å². The summed E-state index contributed by atoms with van der Waals surface area (Å²) >= 11 is 1.56. The Balaban J connectivity index is 1.85. The van der Waals surface area contributed by atoms with Gasteiger partial charge in [-0.25, -0.2) is 12.7 Å². The molecule has 2 aromatic carbocycles. The monoisotopic (exact) mass is 417 g/mol. The highest BCUT2D eigenvalue weighted by molar-refractivity contribution is 8.13. The molecule has 0 radical (unpaired) electrons. The van der Waals surface area contributed by atoms with E-state index in [1.807, 2.05) is 30.3 Å². The smallest absolute Gasteiger partial charge is 0.259 e. The van der Waals surface area contributed by atoms with E-state index in [4.69, 9.17) is 0 Å². The van der Waals surface area contributed by atoms with E-state index in [-0.39, 0.29) is 10.8 Å². The van der Waals surface area contributed by atoms with E-state index >= 15 is 0 Å². The SMILES string of the molecule is CN(C)S(=O)(=O)c1cccc(C(=O)N2CCCSC2=NCc2ccccc2)c1. The van der Waals surface area contributed by atoms with Gasteiger partial charge in [0.2, 0.25) is 10.0 Å². The molecule has 0 N–H and O–H groups in total. The van der Waals surface area contributed by atoms with Crippen LogP contribution < -0.4 is 0 Å². The van der Waals surface area contributed by atoms with E-state index in [0.717, 1.165) is 22.0 Å². The zero-order valence-electron chi connectivity index (χ0n) is 15.9. The number of hydrogen-bond donors (Lipinski definition) is 0. The van der Waals surface area contributed by atoms with E-state index in [9.17, 15) is 13.2 Å². The Hall–Kier alpha value is -2.16. The summed E-state index contributed by atoms with van der Waals surface area (Å²) in [6, 6.07) is 16.1. The largest absolute Gasteiger partial charge is 0.287 e. The highest BCUT2D eigenvalue weighted by atomic mass is 32.2. The van der Waals surface area contributed by atoms with Crippen molar-refractivity contribution in [2.75, 3.05) is 26.4 Å². The fourth-order valence-corrected chi connectivity index (χ4v) is 4.67. The van der Waals surface area contributed by atoms with Crippen molar-refractivity contribution in [1.29, 1.82) is 0 Å². The second-order valence-electron chi connectivity index (χ2n) is 6.56. The lowest BCUT2D eigenvalue weighted by Crippen LogP contribution is -2.39. The van der Waals surface area contributed by atoms with Gasteiger partial charge in [0.15, 0.2) is 5.17 Å². The number of hydrogen-bond acceptors (Lipinski definition) is 5. The van der Waals surface area contributed by atoms with Crippen molar-refractivity contribution in [2.45, 2.75) is 17.9 Å². The molecule has 0 saturated carbocycles. The van der Waals surface area contributed by atoms with Gasteiger partial charge in [-0.2, -0.15) is 0 Å². The van der Waals surface area contributed by atoms with Crippen molar-refractivity contribution < 1.29 is 13.2 Å². The second kappa shape index (κ2) is 8.89. The number of sulfonamides is 1. The average molecular weight is 418 g/mol. The molecule has 1 aliphatic rings. The summed E-state index contributed by atoms with van der Waals surface area (Å²) in [6.45, 7) is 1.08. The predicted molar refractivity (Wildman–Crippen MR) is 113 cm³/mol. The van der Waals surface area contributed by atoms with Crippen LogP contribution in [0.4, 0.5) is 0 Å². The first-order valence-electron chi connectivity index (χ1n) is 8.95. The molecule has 0 aliphatic carbocycles. The molecule has 6 nitrogen and oxygen atoms in total. The fraction of sp³-hybridized carbons (Fsp3) is 0.300. The topological polar surface area (TPSA) is 70.1 Å². The molecule has 1 heterocycles. The van der Waals surface area contributed by atoms with Crippen molar-refractivity contribution >= 4 is 32.9 Å². The maximum absolute atomic E-state index is 13.1. The van der Waals surface area contributed by atoms with Gasteiger partial charge < -0.3 is 0 Å². The van der Waals surface area contributed by atoms with Gasteiger partial charge in [-0.05, 0) is 30.2 Å². The minimum Gasteiger partial charge on any atom is -0.287 e. The molecule has 1 saturated heterocycles. The Kier molecular flexibility index (Phi) is 6.53. The minimum absolute atomic E-state index is 0.107. The predicted octanol–water partition coefficient (Wildman–Crippen LogP) is 3.07. The first-order valence-corrected chi connectivity index (χ1v) is 11.4. The third-order valence-corrected chi connectivity index (χ3v) is 7.24. The quantitative estimate of drug-likeness (QED) is 0.750. The maximum atomic E-state index is 13.1. The summed E-state index contributed by atoms with van der Waals surface area (Å²) < 4.78 is 25.9. The molecule has 0 atom stereocenters. The number of carbonyl (C=O) groups is 1. The third kappa shape index (κ3) is 4.63. The Labute approximate surface area is 170 Å². The molecular weight excluding hydrogens is 394 g/mol. The van der Waals surface area contributed by atoms with Crippen LogP contribution >= 0.6 is 11.8 Å². The molecular formula is C20H23N3O3S2. The van der Waals surface area contributed by atoms with Gasteiger partial charge in [-0.3, -0.25) is 14.7 Å². The van der Waals surface area contributed by atoms with Crippen LogP contribution in [0.15, 0.2) is 64.5 Å². The summed E-state index contributed by atoms with van der Waals surface area (Å²) in [4.78, 5) is 19.5. The molecule has 1 amide bonds. The van der Waals surface area contributed by atoms with Gasteiger partial charge in [0.1, 0.15) is 0 Å². The summed E-state index contributed by atoms with van der Waals surface area (Å²) in [5, 5.41) is 0.681. The van der Waals surface area contributed by atoms with E-state index in [1.165, 1.54) is 26.2 Å². The number of amidine groups is 1. The van der Waals surface area contributed by atoms with Gasteiger partial charge in [-0.15, -0.1) is 0 Å². The third-order valence-electron chi connectivity index (χ3n) is 4.33. The first-order chi connectivity index (χ1) is 13.4. The number of aliphatic imine (C=N–C) groups is 1. The molecule has 1 aliphatic heterocycles. The van der Waals surface area contributed by atoms with E-state index in [2.05, 4.69) is 4.99 Å². The molecule has 148 valence electrons. The number of amides is 1. The molecule has 3 rings (SSSR count). The molecule has 0 spiro atoms. The highest BCUT2D eigenvalue weighted by Crippen LogP contribution is 2.22. The van der Waals surface area contributed by atoms with Gasteiger partial charge in [0, 0.05) is 32.0 Å². The number of benzene rings is 2. The summed E-state index contributed by atoms with van der Waals surface area (Å²) in [6.07, 6.45) is 0.871. The molecule has 0 unspecified atom stereocenters. The second-order valence-corrected chi connectivity index (χ2v) is 9.77. The van der Waals surface area contributed by atoms with Crippen molar-refractivity contribution in [2.24, 2.45) is 4.99 Å². The number of thioether (sulfide) groups is 1. The highest BCUT2D eigenvalue weighted by Gasteiger charge is 2.26. The average Bonchev–Trinajstić information content (AvgIpc) is 2.72. The fourth-order valence-electron chi connectivity index (χ4n) is 2.78. The van der Waals surface area contributed by atoms with Crippen LogP contribution in [-0.4, -0.2) is 55.1 Å². The molecule has 8 heteroatoms. The van der Waals surface area contributed by atoms with Crippen LogP contribution in [0.2, 0.25) is 0 Å². The zero-order valence-corrected chi connectivity index (χ0v) is 17.5. The lowest BCUT2D eigenvalue weighted by Gasteiger charge is -2.28. The minimum atomic E-state index is -3.60. The van der Waals surface area contributed by atoms with Gasteiger partial charge >= 0.3 is 0 Å². The molecule has 28 heavy (non-hydrogen) atoms. The Morgan fingerprint density at radius 1 is 1.14 bits per heavy atom. The van der Waals surface area contributed by atoms with E-state index < -0.39 is 10.0 Å². The van der Waals surface area contributed by atoms with Crippen molar-refractivity contribution in [3.63, 3.8) is 0 Å². The molecule has 2 aromatic rings. The van der Waals surface area contributed by atoms with E-state index in [0.29, 0.717) is 23.8 Å².